The van der Waals surface area contributed by atoms with E-state index in [1.54, 1.807) is 18.3 Å². The van der Waals surface area contributed by atoms with Crippen LogP contribution in [0.1, 0.15) is 27.2 Å². The Kier molecular flexibility index (Phi) is 4.87. The summed E-state index contributed by atoms with van der Waals surface area (Å²) in [5.41, 5.74) is 3.52. The molecule has 148 valence electrons. The summed E-state index contributed by atoms with van der Waals surface area (Å²) in [7, 11) is 0. The summed E-state index contributed by atoms with van der Waals surface area (Å²) >= 11 is 0. The molecular weight excluding hydrogens is 376 g/mol. The lowest BCUT2D eigenvalue weighted by Crippen LogP contribution is -2.32. The van der Waals surface area contributed by atoms with Crippen LogP contribution in [0.2, 0.25) is 0 Å². The third kappa shape index (κ3) is 3.63. The maximum absolute atomic E-state index is 12.8. The molecule has 0 atom stereocenters. The molecule has 3 aromatic rings. The molecule has 2 aromatic carbocycles. The summed E-state index contributed by atoms with van der Waals surface area (Å²) in [6.07, 6.45) is 7.29. The van der Waals surface area contributed by atoms with Gasteiger partial charge in [-0.2, -0.15) is 0 Å². The fourth-order valence-electron chi connectivity index (χ4n) is 3.65. The molecule has 30 heavy (non-hydrogen) atoms. The van der Waals surface area contributed by atoms with Crippen molar-refractivity contribution in [3.05, 3.63) is 107 Å². The normalized spacial score (nSPS) is 16.9. The monoisotopic (exact) mass is 396 g/mol. The minimum Gasteiger partial charge on any atom is -0.478 e. The molecule has 1 aromatic heterocycles. The second-order valence-corrected chi connectivity index (χ2v) is 7.23. The second-order valence-electron chi connectivity index (χ2n) is 7.23. The average Bonchev–Trinajstić information content (AvgIpc) is 3.11. The molecule has 5 rings (SSSR count). The van der Waals surface area contributed by atoms with E-state index in [9.17, 15) is 4.79 Å². The molecule has 0 fully saturated rings. The molecule has 5 heteroatoms. The minimum absolute atomic E-state index is 0.104. The Hall–Kier alpha value is -3.70. The maximum atomic E-state index is 12.8. The number of carbonyl (C=O) groups excluding carboxylic acids is 1. The molecule has 0 saturated carbocycles. The lowest BCUT2D eigenvalue weighted by Gasteiger charge is -2.29. The molecule has 0 aliphatic carbocycles. The topological polar surface area (TPSA) is 51.7 Å². The third-order valence-electron chi connectivity index (χ3n) is 5.13. The van der Waals surface area contributed by atoms with Crippen LogP contribution in [0.25, 0.3) is 6.08 Å². The van der Waals surface area contributed by atoms with E-state index in [-0.39, 0.29) is 5.78 Å². The zero-order chi connectivity index (χ0) is 20.3. The van der Waals surface area contributed by atoms with Crippen LogP contribution in [-0.2, 0) is 13.1 Å². The van der Waals surface area contributed by atoms with Gasteiger partial charge in [0, 0.05) is 19.3 Å². The molecule has 0 N–H and O–H groups in total. The van der Waals surface area contributed by atoms with Crippen molar-refractivity contribution >= 4 is 11.9 Å². The number of hydrogen-bond donors (Lipinski definition) is 0. The molecule has 0 unspecified atom stereocenters. The van der Waals surface area contributed by atoms with Crippen LogP contribution in [0, 0.1) is 0 Å². The van der Waals surface area contributed by atoms with Crippen LogP contribution in [0.5, 0.6) is 11.5 Å². The number of benzene rings is 2. The van der Waals surface area contributed by atoms with Crippen LogP contribution in [0.3, 0.4) is 0 Å². The summed E-state index contributed by atoms with van der Waals surface area (Å²) in [4.78, 5) is 19.3. The van der Waals surface area contributed by atoms with Gasteiger partial charge < -0.3 is 9.47 Å². The SMILES string of the molecule is O=C1/C(=C\C=C\c2ccccc2)Oc2c1ccc1c2CN(Cc2ccccn2)CO1. The van der Waals surface area contributed by atoms with Crippen LogP contribution in [0.4, 0.5) is 0 Å². The maximum Gasteiger partial charge on any atom is 0.231 e. The third-order valence-corrected chi connectivity index (χ3v) is 5.13. The lowest BCUT2D eigenvalue weighted by molar-refractivity contribution is 0.0861. The summed E-state index contributed by atoms with van der Waals surface area (Å²) in [5.74, 6) is 1.59. The number of pyridine rings is 1. The smallest absolute Gasteiger partial charge is 0.231 e. The highest BCUT2D eigenvalue weighted by atomic mass is 16.5. The van der Waals surface area contributed by atoms with Gasteiger partial charge in [-0.15, -0.1) is 0 Å². The van der Waals surface area contributed by atoms with E-state index in [4.69, 9.17) is 9.47 Å². The van der Waals surface area contributed by atoms with E-state index in [0.29, 0.717) is 36.9 Å². The van der Waals surface area contributed by atoms with Gasteiger partial charge in [0.15, 0.2) is 5.76 Å². The highest BCUT2D eigenvalue weighted by Gasteiger charge is 2.33. The second kappa shape index (κ2) is 7.97. The molecule has 3 heterocycles. The molecule has 0 spiro atoms. The number of carbonyl (C=O) groups is 1. The van der Waals surface area contributed by atoms with E-state index >= 15 is 0 Å². The first kappa shape index (κ1) is 18.3. The Morgan fingerprint density at radius 3 is 2.73 bits per heavy atom. The first-order valence-corrected chi connectivity index (χ1v) is 9.85. The van der Waals surface area contributed by atoms with Crippen molar-refractivity contribution in [1.82, 2.24) is 9.88 Å². The minimum atomic E-state index is -0.104. The Labute approximate surface area is 174 Å². The molecule has 0 saturated heterocycles. The molecule has 2 aliphatic rings. The largest absolute Gasteiger partial charge is 0.478 e. The quantitative estimate of drug-likeness (QED) is 0.603. The van der Waals surface area contributed by atoms with E-state index in [1.807, 2.05) is 66.7 Å². The number of aromatic nitrogens is 1. The van der Waals surface area contributed by atoms with Crippen molar-refractivity contribution in [1.29, 1.82) is 0 Å². The average molecular weight is 396 g/mol. The number of fused-ring (bicyclic) bond motifs is 3. The van der Waals surface area contributed by atoms with Gasteiger partial charge in [0.05, 0.1) is 16.8 Å². The fourth-order valence-corrected chi connectivity index (χ4v) is 3.65. The predicted octanol–water partition coefficient (Wildman–Crippen LogP) is 4.61. The van der Waals surface area contributed by atoms with Gasteiger partial charge in [-0.25, -0.2) is 0 Å². The fraction of sp³-hybridized carbons (Fsp3) is 0.120. The van der Waals surface area contributed by atoms with Crippen molar-refractivity contribution < 1.29 is 14.3 Å². The molecule has 5 nitrogen and oxygen atoms in total. The first-order valence-electron chi connectivity index (χ1n) is 9.85. The van der Waals surface area contributed by atoms with Crippen molar-refractivity contribution in [3.63, 3.8) is 0 Å². The van der Waals surface area contributed by atoms with Crippen molar-refractivity contribution in [3.8, 4) is 11.5 Å². The Morgan fingerprint density at radius 1 is 1.03 bits per heavy atom. The number of rotatable bonds is 4. The van der Waals surface area contributed by atoms with Crippen molar-refractivity contribution in [2.75, 3.05) is 6.73 Å². The number of nitrogens with zero attached hydrogens (tertiary/aromatic N) is 2. The number of ether oxygens (including phenoxy) is 2. The number of hydrogen-bond acceptors (Lipinski definition) is 5. The van der Waals surface area contributed by atoms with Gasteiger partial charge in [-0.05, 0) is 35.9 Å². The van der Waals surface area contributed by atoms with E-state index in [0.717, 1.165) is 22.6 Å². The zero-order valence-electron chi connectivity index (χ0n) is 16.3. The first-order chi connectivity index (χ1) is 14.8. The van der Waals surface area contributed by atoms with Crippen LogP contribution in [-0.4, -0.2) is 22.4 Å². The Bertz CT molecular complexity index is 1140. The predicted molar refractivity (Wildman–Crippen MR) is 114 cm³/mol. The summed E-state index contributed by atoms with van der Waals surface area (Å²) in [6, 6.07) is 19.4. The Morgan fingerprint density at radius 2 is 1.90 bits per heavy atom. The van der Waals surface area contributed by atoms with E-state index in [2.05, 4.69) is 9.88 Å². The number of Topliss-reactive ketones (excluding diaryl/α,β-unsaturated/α-hetero) is 1. The van der Waals surface area contributed by atoms with Gasteiger partial charge in [-0.1, -0.05) is 48.6 Å². The molecule has 0 bridgehead atoms. The van der Waals surface area contributed by atoms with Crippen molar-refractivity contribution in [2.24, 2.45) is 0 Å². The molecular formula is C25H20N2O3. The summed E-state index contributed by atoms with van der Waals surface area (Å²) in [6.45, 7) is 1.77. The van der Waals surface area contributed by atoms with E-state index < -0.39 is 0 Å². The lowest BCUT2D eigenvalue weighted by atomic mass is 10.0. The van der Waals surface area contributed by atoms with Crippen LogP contribution >= 0.6 is 0 Å². The van der Waals surface area contributed by atoms with E-state index in [1.165, 1.54) is 0 Å². The van der Waals surface area contributed by atoms with Gasteiger partial charge in [-0.3, -0.25) is 14.7 Å². The van der Waals surface area contributed by atoms with Crippen LogP contribution < -0.4 is 9.47 Å². The standard InChI is InChI=1S/C25H20N2O3/c28-24-20-12-13-22-21(16-27(17-29-22)15-19-10-4-5-14-26-19)25(20)30-23(24)11-6-9-18-7-2-1-3-8-18/h1-14H,15-17H2/b9-6+,23-11+. The van der Waals surface area contributed by atoms with Crippen molar-refractivity contribution in [2.45, 2.75) is 13.1 Å². The summed E-state index contributed by atoms with van der Waals surface area (Å²) < 4.78 is 11.9. The van der Waals surface area contributed by atoms with Gasteiger partial charge in [0.1, 0.15) is 18.2 Å². The van der Waals surface area contributed by atoms with Gasteiger partial charge >= 0.3 is 0 Å². The summed E-state index contributed by atoms with van der Waals surface area (Å²) in [5, 5.41) is 0. The Balaban J connectivity index is 1.37. The molecule has 0 amide bonds. The number of ketones is 1. The molecule has 0 radical (unpaired) electrons. The molecule has 2 aliphatic heterocycles. The zero-order valence-corrected chi connectivity index (χ0v) is 16.3. The van der Waals surface area contributed by atoms with Crippen LogP contribution in [0.15, 0.2) is 84.8 Å². The van der Waals surface area contributed by atoms with Gasteiger partial charge in [0.25, 0.3) is 0 Å². The number of allylic oxidation sites excluding steroid dienone is 3. The highest BCUT2D eigenvalue weighted by molar-refractivity contribution is 6.13. The van der Waals surface area contributed by atoms with Gasteiger partial charge in [0.2, 0.25) is 5.78 Å². The highest BCUT2D eigenvalue weighted by Crippen LogP contribution is 2.41.